The predicted molar refractivity (Wildman–Crippen MR) is 94.5 cm³/mol. The molecule has 0 radical (unpaired) electrons. The van der Waals surface area contributed by atoms with E-state index >= 15 is 0 Å². The summed E-state index contributed by atoms with van der Waals surface area (Å²) in [7, 11) is 0. The molecule has 7 nitrogen and oxygen atoms in total. The van der Waals surface area contributed by atoms with Crippen LogP contribution in [0.3, 0.4) is 0 Å². The summed E-state index contributed by atoms with van der Waals surface area (Å²) in [5.74, 6) is 1.41. The molecule has 4 aromatic rings. The molecule has 1 amide bonds. The van der Waals surface area contributed by atoms with Crippen LogP contribution in [0.2, 0.25) is 0 Å². The number of nitrogens with one attached hydrogen (secondary N) is 3. The Hall–Kier alpha value is -3.61. The number of fused-ring (bicyclic) bond motifs is 1. The molecule has 2 aromatic carbocycles. The van der Waals surface area contributed by atoms with Crippen LogP contribution in [0.5, 0.6) is 11.6 Å². The number of benzene rings is 2. The topological polar surface area (TPSA) is 95.7 Å². The molecule has 0 spiro atoms. The molecule has 0 saturated heterocycles. The smallest absolute Gasteiger partial charge is 0.238 e. The lowest BCUT2D eigenvalue weighted by atomic mass is 10.3. The molecule has 0 fully saturated rings. The third kappa shape index (κ3) is 3.07. The van der Waals surface area contributed by atoms with E-state index in [-0.39, 0.29) is 5.91 Å². The van der Waals surface area contributed by atoms with Gasteiger partial charge >= 0.3 is 0 Å². The second-order valence-electron chi connectivity index (χ2n) is 5.50. The summed E-state index contributed by atoms with van der Waals surface area (Å²) in [5.41, 5.74) is 3.13. The Balaban J connectivity index is 1.61. The van der Waals surface area contributed by atoms with E-state index in [1.165, 1.54) is 6.92 Å². The van der Waals surface area contributed by atoms with E-state index in [9.17, 15) is 4.79 Å². The van der Waals surface area contributed by atoms with Crippen LogP contribution in [0.4, 0.5) is 5.69 Å². The van der Waals surface area contributed by atoms with Gasteiger partial charge in [-0.1, -0.05) is 24.3 Å². The van der Waals surface area contributed by atoms with Crippen molar-refractivity contribution in [1.29, 1.82) is 0 Å². The van der Waals surface area contributed by atoms with Gasteiger partial charge < -0.3 is 15.0 Å². The molecule has 0 aliphatic heterocycles. The van der Waals surface area contributed by atoms with Gasteiger partial charge in [0.25, 0.3) is 0 Å². The van der Waals surface area contributed by atoms with Crippen molar-refractivity contribution < 1.29 is 9.53 Å². The lowest BCUT2D eigenvalue weighted by Crippen LogP contribution is -2.06. The molecule has 0 aliphatic rings. The maximum Gasteiger partial charge on any atom is 0.238 e. The van der Waals surface area contributed by atoms with E-state index in [0.717, 1.165) is 11.0 Å². The Labute approximate surface area is 143 Å². The number of carbonyl (C=O) groups is 1. The van der Waals surface area contributed by atoms with E-state index in [1.54, 1.807) is 18.2 Å². The minimum Gasteiger partial charge on any atom is -0.435 e. The van der Waals surface area contributed by atoms with Gasteiger partial charge in [-0.25, -0.2) is 4.98 Å². The van der Waals surface area contributed by atoms with E-state index in [2.05, 4.69) is 25.5 Å². The van der Waals surface area contributed by atoms with Gasteiger partial charge in [0.2, 0.25) is 11.8 Å². The standard InChI is InChI=1S/C18H15N5O2/c1-11(24)19-14-8-4-5-9-16(14)25-17-10-15(22-23-17)18-20-12-6-2-3-7-13(12)21-18/h2-10H,1H3,(H,19,24)(H,20,21)(H,22,23). The average Bonchev–Trinajstić information content (AvgIpc) is 3.22. The quantitative estimate of drug-likeness (QED) is 0.530. The van der Waals surface area contributed by atoms with Crippen molar-refractivity contribution in [2.45, 2.75) is 6.92 Å². The van der Waals surface area contributed by atoms with Crippen LogP contribution in [-0.4, -0.2) is 26.1 Å². The fourth-order valence-corrected chi connectivity index (χ4v) is 2.52. The molecule has 4 rings (SSSR count). The Morgan fingerprint density at radius 2 is 1.92 bits per heavy atom. The number of H-pyrrole nitrogens is 2. The minimum absolute atomic E-state index is 0.166. The summed E-state index contributed by atoms with van der Waals surface area (Å²) < 4.78 is 5.79. The highest BCUT2D eigenvalue weighted by Gasteiger charge is 2.11. The van der Waals surface area contributed by atoms with E-state index in [4.69, 9.17) is 4.74 Å². The molecule has 3 N–H and O–H groups in total. The van der Waals surface area contributed by atoms with Gasteiger partial charge in [-0.2, -0.15) is 0 Å². The Kier molecular flexibility index (Phi) is 3.66. The monoisotopic (exact) mass is 333 g/mol. The average molecular weight is 333 g/mol. The lowest BCUT2D eigenvalue weighted by molar-refractivity contribution is -0.114. The van der Waals surface area contributed by atoms with Crippen molar-refractivity contribution in [1.82, 2.24) is 20.2 Å². The number of carbonyl (C=O) groups excluding carboxylic acids is 1. The molecule has 0 saturated carbocycles. The SMILES string of the molecule is CC(=O)Nc1ccccc1Oc1cc(-c2nc3ccccc3[nH]2)[nH]n1. The molecule has 0 aliphatic carbocycles. The van der Waals surface area contributed by atoms with Crippen molar-refractivity contribution in [3.8, 4) is 23.1 Å². The Bertz CT molecular complexity index is 1020. The van der Waals surface area contributed by atoms with Crippen LogP contribution in [0.25, 0.3) is 22.6 Å². The first-order valence-corrected chi connectivity index (χ1v) is 7.74. The van der Waals surface area contributed by atoms with Crippen molar-refractivity contribution in [3.63, 3.8) is 0 Å². The number of rotatable bonds is 4. The number of imidazole rings is 1. The minimum atomic E-state index is -0.166. The van der Waals surface area contributed by atoms with Gasteiger partial charge in [-0.15, -0.1) is 5.10 Å². The summed E-state index contributed by atoms with van der Waals surface area (Å²) in [6.07, 6.45) is 0. The van der Waals surface area contributed by atoms with E-state index in [1.807, 2.05) is 36.4 Å². The normalized spacial score (nSPS) is 10.8. The van der Waals surface area contributed by atoms with Crippen molar-refractivity contribution in [2.24, 2.45) is 0 Å². The fraction of sp³-hybridized carbons (Fsp3) is 0.0556. The zero-order valence-corrected chi connectivity index (χ0v) is 13.4. The number of anilines is 1. The highest BCUT2D eigenvalue weighted by molar-refractivity contribution is 5.90. The third-order valence-electron chi connectivity index (χ3n) is 3.61. The number of hydrogen-bond donors (Lipinski definition) is 3. The Morgan fingerprint density at radius 3 is 2.76 bits per heavy atom. The van der Waals surface area contributed by atoms with Crippen LogP contribution < -0.4 is 10.1 Å². The number of nitrogens with zero attached hydrogens (tertiary/aromatic N) is 2. The number of ether oxygens (including phenoxy) is 1. The molecule has 0 atom stereocenters. The van der Waals surface area contributed by atoms with Gasteiger partial charge in [0.15, 0.2) is 11.6 Å². The fourth-order valence-electron chi connectivity index (χ4n) is 2.52. The second kappa shape index (κ2) is 6.12. The molecule has 2 heterocycles. The largest absolute Gasteiger partial charge is 0.435 e. The van der Waals surface area contributed by atoms with Gasteiger partial charge in [0.1, 0.15) is 5.69 Å². The molecule has 25 heavy (non-hydrogen) atoms. The number of aromatic nitrogens is 4. The summed E-state index contributed by atoms with van der Waals surface area (Å²) in [6, 6.07) is 16.7. The van der Waals surface area contributed by atoms with Gasteiger partial charge in [0.05, 0.1) is 16.7 Å². The second-order valence-corrected chi connectivity index (χ2v) is 5.50. The first-order valence-electron chi connectivity index (χ1n) is 7.74. The van der Waals surface area contributed by atoms with Crippen LogP contribution in [0.1, 0.15) is 6.92 Å². The van der Waals surface area contributed by atoms with Crippen molar-refractivity contribution in [2.75, 3.05) is 5.32 Å². The number of para-hydroxylation sites is 4. The van der Waals surface area contributed by atoms with Gasteiger partial charge in [-0.05, 0) is 24.3 Å². The first kappa shape index (κ1) is 14.9. The maximum atomic E-state index is 11.3. The van der Waals surface area contributed by atoms with Crippen LogP contribution in [0, 0.1) is 0 Å². The Morgan fingerprint density at radius 1 is 1.12 bits per heavy atom. The lowest BCUT2D eigenvalue weighted by Gasteiger charge is -2.08. The number of amides is 1. The molecule has 0 bridgehead atoms. The predicted octanol–water partition coefficient (Wildman–Crippen LogP) is 3.70. The number of hydrogen-bond acceptors (Lipinski definition) is 4. The van der Waals surface area contributed by atoms with Crippen molar-refractivity contribution >= 4 is 22.6 Å². The summed E-state index contributed by atoms with van der Waals surface area (Å²) in [6.45, 7) is 1.45. The summed E-state index contributed by atoms with van der Waals surface area (Å²) >= 11 is 0. The summed E-state index contributed by atoms with van der Waals surface area (Å²) in [4.78, 5) is 19.0. The molecular weight excluding hydrogens is 318 g/mol. The van der Waals surface area contributed by atoms with Gasteiger partial charge in [-0.3, -0.25) is 9.89 Å². The molecule has 7 heteroatoms. The van der Waals surface area contributed by atoms with E-state index < -0.39 is 0 Å². The summed E-state index contributed by atoms with van der Waals surface area (Å²) in [5, 5.41) is 9.80. The van der Waals surface area contributed by atoms with Crippen LogP contribution in [-0.2, 0) is 4.79 Å². The molecule has 2 aromatic heterocycles. The van der Waals surface area contributed by atoms with Crippen LogP contribution >= 0.6 is 0 Å². The van der Waals surface area contributed by atoms with Crippen molar-refractivity contribution in [3.05, 3.63) is 54.6 Å². The van der Waals surface area contributed by atoms with E-state index in [0.29, 0.717) is 28.8 Å². The maximum absolute atomic E-state index is 11.3. The molecular formula is C18H15N5O2. The molecule has 124 valence electrons. The first-order chi connectivity index (χ1) is 12.2. The third-order valence-corrected chi connectivity index (χ3v) is 3.61. The highest BCUT2D eigenvalue weighted by Crippen LogP contribution is 2.30. The van der Waals surface area contributed by atoms with Gasteiger partial charge in [0, 0.05) is 13.0 Å². The molecule has 0 unspecified atom stereocenters. The zero-order valence-electron chi connectivity index (χ0n) is 13.4. The zero-order chi connectivity index (χ0) is 17.2. The highest BCUT2D eigenvalue weighted by atomic mass is 16.5. The number of aromatic amines is 2. The van der Waals surface area contributed by atoms with Crippen LogP contribution in [0.15, 0.2) is 54.6 Å².